The first-order chi connectivity index (χ1) is 28.4. The van der Waals surface area contributed by atoms with Crippen LogP contribution in [0.25, 0.3) is 5.57 Å². The van der Waals surface area contributed by atoms with E-state index in [1.807, 2.05) is 0 Å². The van der Waals surface area contributed by atoms with Gasteiger partial charge < -0.3 is 9.84 Å². The van der Waals surface area contributed by atoms with Crippen LogP contribution in [0.2, 0.25) is 0 Å². The maximum absolute atomic E-state index is 15.2. The van der Waals surface area contributed by atoms with Gasteiger partial charge >= 0.3 is 6.36 Å². The van der Waals surface area contributed by atoms with Gasteiger partial charge in [0.1, 0.15) is 11.5 Å². The van der Waals surface area contributed by atoms with Crippen molar-refractivity contribution in [3.8, 4) is 11.5 Å². The van der Waals surface area contributed by atoms with Crippen LogP contribution in [0.1, 0.15) is 51.4 Å². The van der Waals surface area contributed by atoms with Gasteiger partial charge in [0.15, 0.2) is 17.3 Å². The quantitative estimate of drug-likeness (QED) is 0.0997. The van der Waals surface area contributed by atoms with Crippen LogP contribution in [0, 0.1) is 23.7 Å². The summed E-state index contributed by atoms with van der Waals surface area (Å²) in [6, 6.07) is 35.0. The van der Waals surface area contributed by atoms with Crippen LogP contribution in [0.15, 0.2) is 151 Å². The average molecular weight is 794 g/mol. The fourth-order valence-corrected chi connectivity index (χ4v) is 9.95. The number of amides is 2. The van der Waals surface area contributed by atoms with Crippen molar-refractivity contribution >= 4 is 40.4 Å². The predicted molar refractivity (Wildman–Crippen MR) is 210 cm³/mol. The molecule has 2 amide bonds. The number of ketones is 3. The highest BCUT2D eigenvalue weighted by Crippen LogP contribution is 2.64. The second kappa shape index (κ2) is 14.2. The Morgan fingerprint density at radius 1 is 0.746 bits per heavy atom. The minimum atomic E-state index is -5.09. The molecular weight excluding hydrogens is 760 g/mol. The Hall–Kier alpha value is -6.88. The molecule has 59 heavy (non-hydrogen) atoms. The summed E-state index contributed by atoms with van der Waals surface area (Å²) in [5, 5.41) is 11.6. The summed E-state index contributed by atoms with van der Waals surface area (Å²) in [4.78, 5) is 73.6. The number of aromatic hydroxyl groups is 1. The molecule has 1 heterocycles. The number of anilines is 1. The van der Waals surface area contributed by atoms with E-state index >= 15 is 9.59 Å². The van der Waals surface area contributed by atoms with Crippen molar-refractivity contribution in [2.75, 3.05) is 4.90 Å². The van der Waals surface area contributed by atoms with Crippen molar-refractivity contribution < 1.29 is 47.0 Å². The summed E-state index contributed by atoms with van der Waals surface area (Å²) in [6.45, 7) is 0. The third-order valence-electron chi connectivity index (χ3n) is 12.3. The minimum Gasteiger partial charge on any atom is -0.508 e. The van der Waals surface area contributed by atoms with Gasteiger partial charge in [-0.05, 0) is 78.4 Å². The van der Waals surface area contributed by atoms with Crippen molar-refractivity contribution in [1.29, 1.82) is 0 Å². The monoisotopic (exact) mass is 793 g/mol. The van der Waals surface area contributed by atoms with E-state index in [4.69, 9.17) is 0 Å². The van der Waals surface area contributed by atoms with Gasteiger partial charge in [0, 0.05) is 34.1 Å². The van der Waals surface area contributed by atoms with Gasteiger partial charge in [-0.15, -0.1) is 13.2 Å². The number of hydrogen-bond acceptors (Lipinski definition) is 7. The van der Waals surface area contributed by atoms with Gasteiger partial charge in [-0.3, -0.25) is 28.9 Å². The first kappa shape index (κ1) is 37.7. The number of halogens is 3. The number of hydrogen-bond donors (Lipinski definition) is 1. The van der Waals surface area contributed by atoms with E-state index in [1.54, 1.807) is 109 Å². The largest absolute Gasteiger partial charge is 0.573 e. The number of phenolic OH excluding ortho intramolecular Hbond substituents is 1. The molecule has 2 fully saturated rings. The summed E-state index contributed by atoms with van der Waals surface area (Å²) in [5.74, 6) is -8.45. The number of fused-ring (bicyclic) bond motifs is 4. The number of rotatable bonds is 7. The number of benzene rings is 5. The van der Waals surface area contributed by atoms with Crippen LogP contribution in [-0.2, 0) is 24.6 Å². The Morgan fingerprint density at radius 2 is 1.37 bits per heavy atom. The van der Waals surface area contributed by atoms with E-state index in [0.29, 0.717) is 27.8 Å². The second-order valence-corrected chi connectivity index (χ2v) is 15.3. The smallest absolute Gasteiger partial charge is 0.508 e. The summed E-state index contributed by atoms with van der Waals surface area (Å²) in [7, 11) is 0. The van der Waals surface area contributed by atoms with Gasteiger partial charge in [0.2, 0.25) is 11.8 Å². The van der Waals surface area contributed by atoms with Crippen LogP contribution in [0.3, 0.4) is 0 Å². The Labute approximate surface area is 336 Å². The molecule has 0 radical (unpaired) electrons. The van der Waals surface area contributed by atoms with Gasteiger partial charge in [-0.25, -0.2) is 0 Å². The molecule has 9 rings (SSSR count). The summed E-state index contributed by atoms with van der Waals surface area (Å²) < 4.78 is 45.3. The number of phenols is 1. The lowest BCUT2D eigenvalue weighted by Crippen LogP contribution is -2.58. The summed E-state index contributed by atoms with van der Waals surface area (Å²) in [6.07, 6.45) is -2.06. The number of Topliss-reactive ketones (excluding diaryl/α,β-unsaturated/α-hetero) is 1. The van der Waals surface area contributed by atoms with Gasteiger partial charge in [0.25, 0.3) is 0 Å². The third kappa shape index (κ3) is 6.11. The molecule has 1 saturated carbocycles. The van der Waals surface area contributed by atoms with Crippen molar-refractivity contribution in [2.24, 2.45) is 23.7 Å². The molecule has 8 nitrogen and oxygen atoms in total. The molecule has 5 aromatic carbocycles. The first-order valence-corrected chi connectivity index (χ1v) is 19.2. The summed E-state index contributed by atoms with van der Waals surface area (Å²) >= 11 is 0. The fraction of sp³-hybridized carbons (Fsp3) is 0.188. The standard InChI is InChI=1S/C48H34F3NO7/c49-48(50,51)59-32-20-23-39(53)37(24-32)42-33-21-22-34-41(46(58)52(45(34)57)31-18-16-29(17-19-31)43(55)28-12-6-2-7-13-28)36(33)25-38-44(56)35(27-10-4-1-5-11-27)26-40(54)47(38,42)30-14-8-3-9-15-30/h1-21,23-24,26,34,36,38,41-42,53H,22,25H2. The van der Waals surface area contributed by atoms with E-state index < -0.39 is 76.2 Å². The Morgan fingerprint density at radius 3 is 2.03 bits per heavy atom. The third-order valence-corrected chi connectivity index (χ3v) is 12.3. The molecule has 0 aromatic heterocycles. The maximum Gasteiger partial charge on any atom is 0.573 e. The van der Waals surface area contributed by atoms with Crippen LogP contribution < -0.4 is 9.64 Å². The highest BCUT2D eigenvalue weighted by Gasteiger charge is 2.66. The molecule has 3 aliphatic carbocycles. The molecule has 1 saturated heterocycles. The van der Waals surface area contributed by atoms with E-state index in [1.165, 1.54) is 18.2 Å². The maximum atomic E-state index is 15.2. The normalized spacial score (nSPS) is 25.1. The Bertz CT molecular complexity index is 2600. The molecule has 1 aliphatic heterocycles. The van der Waals surface area contributed by atoms with E-state index in [9.17, 15) is 32.7 Å². The zero-order chi connectivity index (χ0) is 41.2. The molecule has 0 bridgehead atoms. The lowest BCUT2D eigenvalue weighted by atomic mass is 9.44. The lowest BCUT2D eigenvalue weighted by Gasteiger charge is -2.55. The fourth-order valence-electron chi connectivity index (χ4n) is 9.95. The molecule has 11 heteroatoms. The van der Waals surface area contributed by atoms with Crippen LogP contribution >= 0.6 is 0 Å². The molecule has 0 spiro atoms. The SMILES string of the molecule is O=C(c1ccccc1)c1ccc(N2C(=O)C3CC=C4C(CC5C(=O)C(c6ccccc6)=CC(=O)C5(c5ccccc5)C4c4cc(OC(F)(F)F)ccc4O)C3C2=O)cc1. The van der Waals surface area contributed by atoms with Crippen molar-refractivity contribution in [2.45, 2.75) is 30.5 Å². The summed E-state index contributed by atoms with van der Waals surface area (Å²) in [5.41, 5.74) is 0.681. The van der Waals surface area contributed by atoms with E-state index in [-0.39, 0.29) is 35.4 Å². The molecule has 5 aromatic rings. The zero-order valence-corrected chi connectivity index (χ0v) is 31.1. The lowest BCUT2D eigenvalue weighted by molar-refractivity contribution is -0.274. The number of imide groups is 1. The minimum absolute atomic E-state index is 0.0426. The molecular formula is C48H34F3NO7. The molecule has 1 N–H and O–H groups in total. The van der Waals surface area contributed by atoms with Gasteiger partial charge in [-0.1, -0.05) is 103 Å². The molecule has 6 atom stereocenters. The molecule has 294 valence electrons. The van der Waals surface area contributed by atoms with E-state index in [2.05, 4.69) is 4.74 Å². The van der Waals surface area contributed by atoms with Crippen LogP contribution in [0.5, 0.6) is 11.5 Å². The van der Waals surface area contributed by atoms with Crippen molar-refractivity contribution in [3.05, 3.63) is 179 Å². The van der Waals surface area contributed by atoms with E-state index in [0.717, 1.165) is 23.1 Å². The number of allylic oxidation sites excluding steroid dienone is 4. The molecule has 6 unspecified atom stereocenters. The Kier molecular flexibility index (Phi) is 9.06. The van der Waals surface area contributed by atoms with Crippen molar-refractivity contribution in [3.63, 3.8) is 0 Å². The number of carbonyl (C=O) groups excluding carboxylic acids is 5. The average Bonchev–Trinajstić information content (AvgIpc) is 3.51. The highest BCUT2D eigenvalue weighted by atomic mass is 19.4. The number of nitrogens with zero attached hydrogens (tertiary/aromatic N) is 1. The first-order valence-electron chi connectivity index (χ1n) is 19.2. The highest BCUT2D eigenvalue weighted by molar-refractivity contribution is 6.32. The zero-order valence-electron chi connectivity index (χ0n) is 31.1. The van der Waals surface area contributed by atoms with Gasteiger partial charge in [-0.2, -0.15) is 0 Å². The van der Waals surface area contributed by atoms with Crippen LogP contribution in [0.4, 0.5) is 18.9 Å². The Balaban J connectivity index is 1.20. The van der Waals surface area contributed by atoms with Gasteiger partial charge in [0.05, 0.1) is 22.9 Å². The number of alkyl halides is 3. The predicted octanol–water partition coefficient (Wildman–Crippen LogP) is 8.55. The van der Waals surface area contributed by atoms with Crippen LogP contribution in [-0.4, -0.2) is 40.6 Å². The number of ether oxygens (including phenoxy) is 1. The number of carbonyl (C=O) groups is 5. The topological polar surface area (TPSA) is 118 Å². The van der Waals surface area contributed by atoms with Crippen molar-refractivity contribution in [1.82, 2.24) is 0 Å². The molecule has 4 aliphatic rings. The second-order valence-electron chi connectivity index (χ2n) is 15.3.